The van der Waals surface area contributed by atoms with Crippen molar-refractivity contribution in [3.63, 3.8) is 0 Å². The Labute approximate surface area is 169 Å². The van der Waals surface area contributed by atoms with Crippen molar-refractivity contribution in [2.45, 2.75) is 70.6 Å². The van der Waals surface area contributed by atoms with Gasteiger partial charge in [-0.2, -0.15) is 0 Å². The molecule has 1 saturated heterocycles. The van der Waals surface area contributed by atoms with Gasteiger partial charge >= 0.3 is 5.97 Å². The Bertz CT molecular complexity index is 651. The highest BCUT2D eigenvalue weighted by Gasteiger charge is 2.37. The second-order valence-corrected chi connectivity index (χ2v) is 7.61. The normalized spacial score (nSPS) is 19.3. The van der Waals surface area contributed by atoms with E-state index in [9.17, 15) is 29.1 Å². The van der Waals surface area contributed by atoms with Gasteiger partial charge < -0.3 is 32.1 Å². The predicted molar refractivity (Wildman–Crippen MR) is 103 cm³/mol. The van der Waals surface area contributed by atoms with Gasteiger partial charge in [0.05, 0.1) is 6.04 Å². The molecule has 4 unspecified atom stereocenters. The molecule has 1 rings (SSSR count). The predicted octanol–water partition coefficient (Wildman–Crippen LogP) is -1.70. The fourth-order valence-electron chi connectivity index (χ4n) is 3.16. The Morgan fingerprint density at radius 2 is 1.76 bits per heavy atom. The van der Waals surface area contributed by atoms with E-state index in [4.69, 9.17) is 11.5 Å². The molecule has 0 aliphatic carbocycles. The molecular weight excluding hydrogens is 382 g/mol. The molecule has 7 N–H and O–H groups in total. The van der Waals surface area contributed by atoms with Gasteiger partial charge in [0.25, 0.3) is 0 Å². The van der Waals surface area contributed by atoms with Gasteiger partial charge in [0.15, 0.2) is 0 Å². The molecule has 164 valence electrons. The number of likely N-dealkylation sites (tertiary alicyclic amines) is 1. The summed E-state index contributed by atoms with van der Waals surface area (Å²) in [5.74, 6) is -3.92. The first kappa shape index (κ1) is 24.3. The Kier molecular flexibility index (Phi) is 9.02. The molecule has 11 nitrogen and oxygen atoms in total. The van der Waals surface area contributed by atoms with Crippen LogP contribution in [0.15, 0.2) is 0 Å². The third kappa shape index (κ3) is 7.00. The van der Waals surface area contributed by atoms with Crippen LogP contribution in [-0.2, 0) is 24.0 Å². The van der Waals surface area contributed by atoms with Gasteiger partial charge in [-0.3, -0.25) is 19.2 Å². The summed E-state index contributed by atoms with van der Waals surface area (Å²) in [6.45, 7) is 5.17. The minimum absolute atomic E-state index is 0.0920. The van der Waals surface area contributed by atoms with Crippen molar-refractivity contribution in [2.24, 2.45) is 17.4 Å². The number of nitrogens with two attached hydrogens (primary N) is 2. The summed E-state index contributed by atoms with van der Waals surface area (Å²) >= 11 is 0. The number of carbonyl (C=O) groups is 5. The van der Waals surface area contributed by atoms with Crippen LogP contribution in [0.1, 0.15) is 46.5 Å². The number of amides is 4. The fraction of sp³-hybridized carbons (Fsp3) is 0.722. The summed E-state index contributed by atoms with van der Waals surface area (Å²) in [5, 5.41) is 14.2. The standard InChI is InChI=1S/C18H31N5O6/c1-9(2)14(18(28)29)22-15(25)11(6-7-13(20)24)21-16(26)12-5-4-8-23(12)17(27)10(3)19/h9-12,14H,4-8,19H2,1-3H3,(H2,20,24)(H,21,26)(H,22,25)(H,28,29). The molecule has 4 amide bonds. The van der Waals surface area contributed by atoms with Gasteiger partial charge in [-0.15, -0.1) is 0 Å². The van der Waals surface area contributed by atoms with E-state index < -0.39 is 53.8 Å². The number of hydrogen-bond donors (Lipinski definition) is 5. The van der Waals surface area contributed by atoms with Gasteiger partial charge in [0, 0.05) is 13.0 Å². The van der Waals surface area contributed by atoms with Crippen LogP contribution in [0.25, 0.3) is 0 Å². The van der Waals surface area contributed by atoms with E-state index in [1.54, 1.807) is 13.8 Å². The lowest BCUT2D eigenvalue weighted by Crippen LogP contribution is -2.57. The number of nitrogens with zero attached hydrogens (tertiary/aromatic N) is 1. The van der Waals surface area contributed by atoms with Crippen LogP contribution >= 0.6 is 0 Å². The number of nitrogens with one attached hydrogen (secondary N) is 2. The van der Waals surface area contributed by atoms with Crippen LogP contribution < -0.4 is 22.1 Å². The Balaban J connectivity index is 2.92. The van der Waals surface area contributed by atoms with Crippen LogP contribution in [0.2, 0.25) is 0 Å². The lowest BCUT2D eigenvalue weighted by atomic mass is 10.0. The average Bonchev–Trinajstić information content (AvgIpc) is 3.10. The third-order valence-corrected chi connectivity index (χ3v) is 4.77. The van der Waals surface area contributed by atoms with E-state index in [0.29, 0.717) is 19.4 Å². The molecule has 0 radical (unpaired) electrons. The van der Waals surface area contributed by atoms with Crippen LogP contribution in [-0.4, -0.2) is 70.3 Å². The molecule has 0 aromatic heterocycles. The van der Waals surface area contributed by atoms with Crippen molar-refractivity contribution < 1.29 is 29.1 Å². The van der Waals surface area contributed by atoms with E-state index in [2.05, 4.69) is 10.6 Å². The summed E-state index contributed by atoms with van der Waals surface area (Å²) in [7, 11) is 0. The van der Waals surface area contributed by atoms with Crippen LogP contribution in [0.3, 0.4) is 0 Å². The molecule has 0 aromatic carbocycles. The van der Waals surface area contributed by atoms with Crippen molar-refractivity contribution in [3.05, 3.63) is 0 Å². The first-order chi connectivity index (χ1) is 13.5. The fourth-order valence-corrected chi connectivity index (χ4v) is 3.16. The SMILES string of the molecule is CC(N)C(=O)N1CCCC1C(=O)NC(CCC(N)=O)C(=O)NC(C(=O)O)C(C)C. The maximum absolute atomic E-state index is 12.7. The number of carbonyl (C=O) groups excluding carboxylic acids is 4. The zero-order valence-electron chi connectivity index (χ0n) is 17.0. The molecule has 4 atom stereocenters. The number of rotatable bonds is 10. The van der Waals surface area contributed by atoms with Gasteiger partial charge in [0.2, 0.25) is 23.6 Å². The van der Waals surface area contributed by atoms with Crippen molar-refractivity contribution in [1.29, 1.82) is 0 Å². The van der Waals surface area contributed by atoms with E-state index in [-0.39, 0.29) is 18.7 Å². The molecule has 11 heteroatoms. The Morgan fingerprint density at radius 1 is 1.14 bits per heavy atom. The minimum Gasteiger partial charge on any atom is -0.480 e. The molecule has 0 saturated carbocycles. The summed E-state index contributed by atoms with van der Waals surface area (Å²) < 4.78 is 0. The van der Waals surface area contributed by atoms with E-state index >= 15 is 0 Å². The second-order valence-electron chi connectivity index (χ2n) is 7.61. The van der Waals surface area contributed by atoms with Crippen LogP contribution in [0, 0.1) is 5.92 Å². The van der Waals surface area contributed by atoms with Crippen molar-refractivity contribution in [3.8, 4) is 0 Å². The number of carboxylic acid groups (broad SMARTS) is 1. The number of aliphatic carboxylic acids is 1. The monoisotopic (exact) mass is 413 g/mol. The number of carboxylic acids is 1. The van der Waals surface area contributed by atoms with Gasteiger partial charge in [0.1, 0.15) is 18.1 Å². The van der Waals surface area contributed by atoms with Gasteiger partial charge in [-0.1, -0.05) is 13.8 Å². The second kappa shape index (κ2) is 10.7. The van der Waals surface area contributed by atoms with Crippen LogP contribution in [0.5, 0.6) is 0 Å². The molecular formula is C18H31N5O6. The van der Waals surface area contributed by atoms with Crippen molar-refractivity contribution in [2.75, 3.05) is 6.54 Å². The summed E-state index contributed by atoms with van der Waals surface area (Å²) in [6.07, 6.45) is 0.761. The number of hydrogen-bond acceptors (Lipinski definition) is 6. The van der Waals surface area contributed by atoms with Gasteiger partial charge in [-0.05, 0) is 32.1 Å². The maximum Gasteiger partial charge on any atom is 0.326 e. The smallest absolute Gasteiger partial charge is 0.326 e. The summed E-state index contributed by atoms with van der Waals surface area (Å²) in [4.78, 5) is 61.4. The van der Waals surface area contributed by atoms with Crippen molar-refractivity contribution >= 4 is 29.6 Å². The first-order valence-electron chi connectivity index (χ1n) is 9.63. The molecule has 1 heterocycles. The highest BCUT2D eigenvalue weighted by atomic mass is 16.4. The van der Waals surface area contributed by atoms with E-state index in [1.165, 1.54) is 11.8 Å². The highest BCUT2D eigenvalue weighted by Crippen LogP contribution is 2.19. The summed E-state index contributed by atoms with van der Waals surface area (Å²) in [5.41, 5.74) is 10.8. The lowest BCUT2D eigenvalue weighted by Gasteiger charge is -2.28. The topological polar surface area (TPSA) is 185 Å². The Hall–Kier alpha value is -2.69. The molecule has 0 aromatic rings. The van der Waals surface area contributed by atoms with Crippen LogP contribution in [0.4, 0.5) is 0 Å². The molecule has 0 bridgehead atoms. The highest BCUT2D eigenvalue weighted by molar-refractivity contribution is 5.94. The zero-order chi connectivity index (χ0) is 22.3. The first-order valence-corrected chi connectivity index (χ1v) is 9.63. The maximum atomic E-state index is 12.7. The molecule has 1 fully saturated rings. The lowest BCUT2D eigenvalue weighted by molar-refractivity contribution is -0.144. The number of primary amides is 1. The third-order valence-electron chi connectivity index (χ3n) is 4.77. The minimum atomic E-state index is -1.21. The van der Waals surface area contributed by atoms with Crippen molar-refractivity contribution in [1.82, 2.24) is 15.5 Å². The molecule has 1 aliphatic heterocycles. The largest absolute Gasteiger partial charge is 0.480 e. The Morgan fingerprint density at radius 3 is 2.24 bits per heavy atom. The molecule has 29 heavy (non-hydrogen) atoms. The quantitative estimate of drug-likeness (QED) is 0.282. The zero-order valence-corrected chi connectivity index (χ0v) is 17.0. The van der Waals surface area contributed by atoms with E-state index in [0.717, 1.165) is 0 Å². The molecule has 0 spiro atoms. The van der Waals surface area contributed by atoms with Gasteiger partial charge in [-0.25, -0.2) is 4.79 Å². The molecule has 1 aliphatic rings. The summed E-state index contributed by atoms with van der Waals surface area (Å²) in [6, 6.07) is -3.86. The van der Waals surface area contributed by atoms with E-state index in [1.807, 2.05) is 0 Å². The average molecular weight is 413 g/mol.